The average Bonchev–Trinajstić information content (AvgIpc) is 2.78. The smallest absolute Gasteiger partial charge is 0.267 e. The second-order valence-electron chi connectivity index (χ2n) is 6.67. The third-order valence-electron chi connectivity index (χ3n) is 4.92. The molecule has 164 valence electrons. The van der Waals surface area contributed by atoms with Crippen LogP contribution in [0.1, 0.15) is 60.4 Å². The highest BCUT2D eigenvalue weighted by Gasteiger charge is 2.25. The van der Waals surface area contributed by atoms with Crippen molar-refractivity contribution >= 4 is 11.8 Å². The summed E-state index contributed by atoms with van der Waals surface area (Å²) in [5.74, 6) is -0.195. The van der Waals surface area contributed by atoms with Crippen molar-refractivity contribution in [2.24, 2.45) is 0 Å². The number of amides is 2. The molecule has 30 heavy (non-hydrogen) atoms. The summed E-state index contributed by atoms with van der Waals surface area (Å²) in [4.78, 5) is 39.4. The van der Waals surface area contributed by atoms with Crippen molar-refractivity contribution in [1.29, 1.82) is 0 Å². The molecule has 0 saturated carbocycles. The number of nitrogens with one attached hydrogen (secondary N) is 1. The highest BCUT2D eigenvalue weighted by Crippen LogP contribution is 2.15. The maximum atomic E-state index is 12.7. The number of aromatic amines is 1. The Morgan fingerprint density at radius 2 is 1.73 bits per heavy atom. The Labute approximate surface area is 179 Å². The van der Waals surface area contributed by atoms with Gasteiger partial charge in [-0.1, -0.05) is 39.8 Å². The van der Waals surface area contributed by atoms with Crippen LogP contribution in [0.2, 0.25) is 0 Å². The van der Waals surface area contributed by atoms with Crippen molar-refractivity contribution in [1.82, 2.24) is 20.0 Å². The zero-order chi connectivity index (χ0) is 22.8. The van der Waals surface area contributed by atoms with Crippen LogP contribution in [0.15, 0.2) is 29.1 Å². The highest BCUT2D eigenvalue weighted by atomic mass is 16.2. The zero-order valence-electron chi connectivity index (χ0n) is 19.2. The second-order valence-corrected chi connectivity index (χ2v) is 6.67. The van der Waals surface area contributed by atoms with Gasteiger partial charge in [0, 0.05) is 37.7 Å². The van der Waals surface area contributed by atoms with Gasteiger partial charge in [0.25, 0.3) is 11.5 Å². The molecule has 3 rings (SSSR count). The number of aromatic nitrogens is 2. The molecule has 1 saturated heterocycles. The van der Waals surface area contributed by atoms with Gasteiger partial charge in [0.1, 0.15) is 6.54 Å². The average molecular weight is 415 g/mol. The van der Waals surface area contributed by atoms with Crippen molar-refractivity contribution in [2.45, 2.75) is 48.0 Å². The van der Waals surface area contributed by atoms with Gasteiger partial charge >= 0.3 is 0 Å². The monoisotopic (exact) mass is 414 g/mol. The predicted molar refractivity (Wildman–Crippen MR) is 120 cm³/mol. The molecule has 0 bridgehead atoms. The lowest BCUT2D eigenvalue weighted by Gasteiger charge is -2.32. The van der Waals surface area contributed by atoms with E-state index in [9.17, 15) is 14.4 Å². The second kappa shape index (κ2) is 11.9. The molecule has 2 aromatic rings. The Balaban J connectivity index is 0.00000106. The van der Waals surface area contributed by atoms with Crippen LogP contribution < -0.4 is 5.56 Å². The van der Waals surface area contributed by atoms with E-state index in [1.54, 1.807) is 29.8 Å². The number of piperazine rings is 1. The third-order valence-corrected chi connectivity index (χ3v) is 4.92. The summed E-state index contributed by atoms with van der Waals surface area (Å²) in [6.45, 7) is 12.8. The summed E-state index contributed by atoms with van der Waals surface area (Å²) in [7, 11) is 1.74. The number of nitrogens with zero attached hydrogens (tertiary/aromatic N) is 3. The molecule has 2 amide bonds. The molecule has 0 atom stereocenters. The maximum Gasteiger partial charge on any atom is 0.267 e. The number of benzene rings is 1. The minimum absolute atomic E-state index is 0.0516. The van der Waals surface area contributed by atoms with Gasteiger partial charge < -0.3 is 9.80 Å². The zero-order valence-corrected chi connectivity index (χ0v) is 19.2. The topological polar surface area (TPSA) is 86.4 Å². The fraction of sp³-hybridized carbons (Fsp3) is 0.478. The van der Waals surface area contributed by atoms with Crippen molar-refractivity contribution < 1.29 is 9.59 Å². The van der Waals surface area contributed by atoms with Crippen LogP contribution in [0.25, 0.3) is 0 Å². The fourth-order valence-electron chi connectivity index (χ4n) is 2.97. The number of H-pyrrole nitrogens is 1. The minimum atomic E-state index is -0.185. The number of likely N-dealkylation sites (N-methyl/N-ethyl adjacent to an activating group) is 1. The Hall–Kier alpha value is -2.96. The van der Waals surface area contributed by atoms with Gasteiger partial charge in [-0.2, -0.15) is 5.10 Å². The van der Waals surface area contributed by atoms with E-state index in [0.29, 0.717) is 30.6 Å². The Kier molecular flexibility index (Phi) is 9.95. The quantitative estimate of drug-likeness (QED) is 0.837. The van der Waals surface area contributed by atoms with Gasteiger partial charge in [0.2, 0.25) is 5.91 Å². The molecule has 1 aromatic carbocycles. The van der Waals surface area contributed by atoms with Gasteiger partial charge in [0.15, 0.2) is 0 Å². The van der Waals surface area contributed by atoms with E-state index in [4.69, 9.17) is 0 Å². The number of hydrogen-bond acceptors (Lipinski definition) is 4. The van der Waals surface area contributed by atoms with Crippen molar-refractivity contribution in [2.75, 3.05) is 26.7 Å². The van der Waals surface area contributed by atoms with Crippen molar-refractivity contribution in [3.63, 3.8) is 0 Å². The lowest BCUT2D eigenvalue weighted by Crippen LogP contribution is -2.50. The summed E-state index contributed by atoms with van der Waals surface area (Å²) in [5, 5.41) is 6.64. The molecule has 0 unspecified atom stereocenters. The van der Waals surface area contributed by atoms with Gasteiger partial charge in [-0.3, -0.25) is 14.4 Å². The summed E-state index contributed by atoms with van der Waals surface area (Å²) >= 11 is 0. The normalized spacial score (nSPS) is 13.1. The molecule has 0 radical (unpaired) electrons. The summed E-state index contributed by atoms with van der Waals surface area (Å²) in [5.41, 5.74) is 3.58. The third kappa shape index (κ3) is 6.02. The lowest BCUT2D eigenvalue weighted by molar-refractivity contribution is -0.133. The summed E-state index contributed by atoms with van der Waals surface area (Å²) < 4.78 is 0. The minimum Gasteiger partial charge on any atom is -0.342 e. The number of rotatable bonds is 3. The van der Waals surface area contributed by atoms with Crippen molar-refractivity contribution in [3.05, 3.63) is 62.6 Å². The van der Waals surface area contributed by atoms with E-state index in [-0.39, 0.29) is 23.9 Å². The van der Waals surface area contributed by atoms with Crippen LogP contribution >= 0.6 is 0 Å². The van der Waals surface area contributed by atoms with Gasteiger partial charge in [-0.05, 0) is 37.1 Å². The molecule has 7 nitrogen and oxygen atoms in total. The predicted octanol–water partition coefficient (Wildman–Crippen LogP) is 2.94. The molecule has 1 aromatic heterocycles. The Morgan fingerprint density at radius 1 is 1.07 bits per heavy atom. The molecule has 1 aliphatic heterocycles. The van der Waals surface area contributed by atoms with Gasteiger partial charge in [0.05, 0.1) is 5.69 Å². The van der Waals surface area contributed by atoms with Crippen LogP contribution in [0.5, 0.6) is 0 Å². The Bertz CT molecular complexity index is 921. The number of carbonyl (C=O) groups is 2. The molecule has 1 aliphatic rings. The number of hydrogen-bond donors (Lipinski definition) is 1. The summed E-state index contributed by atoms with van der Waals surface area (Å²) in [6, 6.07) is 7.33. The molecule has 2 heterocycles. The molecule has 1 N–H and O–H groups in total. The first-order chi connectivity index (χ1) is 14.4. The molecule has 1 fully saturated rings. The largest absolute Gasteiger partial charge is 0.342 e. The maximum absolute atomic E-state index is 12.7. The van der Waals surface area contributed by atoms with Gasteiger partial charge in [-0.15, -0.1) is 0 Å². The van der Waals surface area contributed by atoms with Crippen LogP contribution in [0, 0.1) is 13.8 Å². The van der Waals surface area contributed by atoms with Crippen molar-refractivity contribution in [3.8, 4) is 0 Å². The van der Waals surface area contributed by atoms with E-state index in [0.717, 1.165) is 16.8 Å². The Morgan fingerprint density at radius 3 is 2.37 bits per heavy atom. The molecule has 0 aliphatic carbocycles. The fourth-order valence-corrected chi connectivity index (χ4v) is 2.97. The van der Waals surface area contributed by atoms with E-state index in [1.165, 1.54) is 0 Å². The van der Waals surface area contributed by atoms with Crippen LogP contribution in [0.4, 0.5) is 0 Å². The molecule has 0 spiro atoms. The van der Waals surface area contributed by atoms with Crippen LogP contribution in [-0.4, -0.2) is 58.5 Å². The SMILES string of the molecule is CC.CC.Cc1c(Cc2cccc(C(=O)N3CCN(C)C(=O)C3)c2)n[nH]c(=O)c1C. The first-order valence-electron chi connectivity index (χ1n) is 10.5. The molecular formula is C23H34N4O3. The first-order valence-corrected chi connectivity index (χ1v) is 10.5. The van der Waals surface area contributed by atoms with Gasteiger partial charge in [-0.25, -0.2) is 5.10 Å². The van der Waals surface area contributed by atoms with Crippen LogP contribution in [-0.2, 0) is 11.2 Å². The molecule has 7 heteroatoms. The van der Waals surface area contributed by atoms with Crippen LogP contribution in [0.3, 0.4) is 0 Å². The van der Waals surface area contributed by atoms with E-state index in [1.807, 2.05) is 52.8 Å². The van der Waals surface area contributed by atoms with E-state index in [2.05, 4.69) is 10.2 Å². The highest BCUT2D eigenvalue weighted by molar-refractivity contribution is 5.97. The standard InChI is InChI=1S/C19H22N4O3.2C2H6/c1-12-13(2)18(25)21-20-16(12)10-14-5-4-6-15(9-14)19(26)23-8-7-22(3)17(24)11-23;2*1-2/h4-6,9H,7-8,10-11H2,1-3H3,(H,21,25);2*1-2H3. The molecular weight excluding hydrogens is 380 g/mol. The summed E-state index contributed by atoms with van der Waals surface area (Å²) in [6.07, 6.45) is 0.520. The lowest BCUT2D eigenvalue weighted by atomic mass is 10.0. The van der Waals surface area contributed by atoms with E-state index < -0.39 is 0 Å². The number of carbonyl (C=O) groups excluding carboxylic acids is 2. The first kappa shape index (κ1) is 25.1. The van der Waals surface area contributed by atoms with E-state index >= 15 is 0 Å².